The molecule has 2 fully saturated rings. The Bertz CT molecular complexity index is 1900. The Kier molecular flexibility index (Phi) is 13.2. The van der Waals surface area contributed by atoms with Crippen molar-refractivity contribution in [3.8, 4) is 5.75 Å². The number of carbonyl (C=O) groups is 3. The number of benzene rings is 3. The molecule has 300 valence electrons. The number of halogens is 5. The topological polar surface area (TPSA) is 89.0 Å². The molecule has 0 bridgehead atoms. The minimum Gasteiger partial charge on any atom is -0.493 e. The van der Waals surface area contributed by atoms with Crippen LogP contribution in [0.3, 0.4) is 0 Å². The van der Waals surface area contributed by atoms with Crippen molar-refractivity contribution in [2.75, 3.05) is 65.5 Å². The van der Waals surface area contributed by atoms with Crippen molar-refractivity contribution in [1.29, 1.82) is 0 Å². The van der Waals surface area contributed by atoms with Crippen LogP contribution in [0.2, 0.25) is 10.0 Å². The molecule has 3 aromatic carbocycles. The number of alkyl halides is 3. The van der Waals surface area contributed by atoms with E-state index in [1.54, 1.807) is 45.9 Å². The number of carbonyl (C=O) groups excluding carboxylic acids is 3. The van der Waals surface area contributed by atoms with Crippen LogP contribution in [0.1, 0.15) is 68.0 Å². The maximum Gasteiger partial charge on any atom is 0.416 e. The van der Waals surface area contributed by atoms with Crippen molar-refractivity contribution < 1.29 is 32.3 Å². The maximum absolute atomic E-state index is 14.9. The van der Waals surface area contributed by atoms with E-state index in [0.29, 0.717) is 62.4 Å². The van der Waals surface area contributed by atoms with Gasteiger partial charge in [-0.25, -0.2) is 4.79 Å². The van der Waals surface area contributed by atoms with Gasteiger partial charge in [-0.15, -0.1) is 0 Å². The van der Waals surface area contributed by atoms with E-state index in [-0.39, 0.29) is 54.1 Å². The molecule has 0 aromatic heterocycles. The first-order valence-electron chi connectivity index (χ1n) is 19.1. The number of nitrogens with zero attached hydrogens (tertiary/aromatic N) is 6. The summed E-state index contributed by atoms with van der Waals surface area (Å²) in [5.74, 6) is -0.0489. The number of hydrogen-bond donors (Lipinski definition) is 0. The molecule has 56 heavy (non-hydrogen) atoms. The average molecular weight is 816 g/mol. The van der Waals surface area contributed by atoms with Gasteiger partial charge in [0.2, 0.25) is 11.8 Å². The smallest absolute Gasteiger partial charge is 0.416 e. The highest BCUT2D eigenvalue weighted by molar-refractivity contribution is 6.30. The third-order valence-corrected chi connectivity index (χ3v) is 11.2. The molecule has 3 aromatic rings. The fourth-order valence-corrected chi connectivity index (χ4v) is 8.00. The van der Waals surface area contributed by atoms with Crippen molar-refractivity contribution in [3.63, 3.8) is 0 Å². The predicted molar refractivity (Wildman–Crippen MR) is 210 cm³/mol. The fourth-order valence-electron chi connectivity index (χ4n) is 7.75. The number of rotatable bonds is 10. The molecule has 2 saturated heterocycles. The molecule has 4 amide bonds. The van der Waals surface area contributed by atoms with Crippen LogP contribution in [0.4, 0.5) is 18.0 Å². The third kappa shape index (κ3) is 9.11. The minimum atomic E-state index is -4.62. The van der Waals surface area contributed by atoms with E-state index in [2.05, 4.69) is 0 Å². The summed E-state index contributed by atoms with van der Waals surface area (Å²) >= 11 is 12.6. The Balaban J connectivity index is 1.27. The van der Waals surface area contributed by atoms with Crippen molar-refractivity contribution in [1.82, 2.24) is 24.5 Å². The molecular weight excluding hydrogens is 768 g/mol. The van der Waals surface area contributed by atoms with Gasteiger partial charge >= 0.3 is 12.2 Å². The Morgan fingerprint density at radius 3 is 2.05 bits per heavy atom. The summed E-state index contributed by atoms with van der Waals surface area (Å²) in [6.45, 7) is 9.54. The number of piperidine rings is 1. The molecule has 3 unspecified atom stereocenters. The first kappa shape index (κ1) is 41.3. The monoisotopic (exact) mass is 814 g/mol. The summed E-state index contributed by atoms with van der Waals surface area (Å²) in [6, 6.07) is 15.6. The number of likely N-dealkylation sites (tertiary alicyclic amines) is 1. The molecular formula is C41H47Cl2F3N6O4. The zero-order valence-corrected chi connectivity index (χ0v) is 33.3. The number of amidine groups is 1. The lowest BCUT2D eigenvalue weighted by molar-refractivity contribution is -0.141. The van der Waals surface area contributed by atoms with Gasteiger partial charge in [0, 0.05) is 62.4 Å². The second-order valence-corrected chi connectivity index (χ2v) is 15.1. The summed E-state index contributed by atoms with van der Waals surface area (Å²) in [5, 5.41) is 1.01. The molecule has 0 saturated carbocycles. The first-order valence-corrected chi connectivity index (χ1v) is 19.9. The van der Waals surface area contributed by atoms with Crippen LogP contribution in [0.25, 0.3) is 0 Å². The number of urea groups is 1. The lowest BCUT2D eigenvalue weighted by atomic mass is 9.93. The van der Waals surface area contributed by atoms with Gasteiger partial charge in [0.05, 0.1) is 36.2 Å². The Hall–Kier alpha value is -4.33. The highest BCUT2D eigenvalue weighted by Gasteiger charge is 2.45. The van der Waals surface area contributed by atoms with E-state index in [1.807, 2.05) is 47.9 Å². The van der Waals surface area contributed by atoms with Gasteiger partial charge in [-0.1, -0.05) is 47.5 Å². The molecule has 3 aliphatic heterocycles. The number of ether oxygens (including phenoxy) is 1. The number of aliphatic imine (C=N–C) groups is 1. The quantitative estimate of drug-likeness (QED) is 0.209. The zero-order chi connectivity index (χ0) is 40.1. The molecule has 0 spiro atoms. The van der Waals surface area contributed by atoms with Gasteiger partial charge in [0.25, 0.3) is 0 Å². The van der Waals surface area contributed by atoms with Crippen molar-refractivity contribution in [3.05, 3.63) is 99.0 Å². The molecule has 3 heterocycles. The summed E-state index contributed by atoms with van der Waals surface area (Å²) < 4.78 is 47.5. The Labute approximate surface area is 335 Å². The molecule has 6 rings (SSSR count). The molecule has 15 heteroatoms. The van der Waals surface area contributed by atoms with Crippen LogP contribution in [0.5, 0.6) is 5.75 Å². The largest absolute Gasteiger partial charge is 0.493 e. The first-order chi connectivity index (χ1) is 26.8. The number of amides is 4. The van der Waals surface area contributed by atoms with Gasteiger partial charge in [0.15, 0.2) is 0 Å². The van der Waals surface area contributed by atoms with Crippen molar-refractivity contribution in [2.45, 2.75) is 51.9 Å². The lowest BCUT2D eigenvalue weighted by Gasteiger charge is -2.40. The van der Waals surface area contributed by atoms with Gasteiger partial charge in [0.1, 0.15) is 17.6 Å². The molecule has 0 aliphatic carbocycles. The van der Waals surface area contributed by atoms with Crippen LogP contribution in [-0.2, 0) is 15.8 Å². The fraction of sp³-hybridized carbons (Fsp3) is 0.463. The number of hydrogen-bond acceptors (Lipinski definition) is 6. The minimum absolute atomic E-state index is 0.0462. The van der Waals surface area contributed by atoms with Crippen LogP contribution in [0.15, 0.2) is 71.7 Å². The van der Waals surface area contributed by atoms with E-state index < -0.39 is 23.8 Å². The van der Waals surface area contributed by atoms with Crippen LogP contribution in [-0.4, -0.2) is 114 Å². The maximum atomic E-state index is 14.9. The summed E-state index contributed by atoms with van der Waals surface area (Å²) in [6.07, 6.45) is -3.09. The highest BCUT2D eigenvalue weighted by atomic mass is 35.5. The lowest BCUT2D eigenvalue weighted by Crippen LogP contribution is -2.56. The highest BCUT2D eigenvalue weighted by Crippen LogP contribution is 2.46. The van der Waals surface area contributed by atoms with Gasteiger partial charge in [-0.05, 0) is 87.2 Å². The van der Waals surface area contributed by atoms with E-state index in [4.69, 9.17) is 32.9 Å². The van der Waals surface area contributed by atoms with E-state index in [0.717, 1.165) is 36.1 Å². The Morgan fingerprint density at radius 2 is 1.46 bits per heavy atom. The van der Waals surface area contributed by atoms with Crippen LogP contribution >= 0.6 is 23.2 Å². The zero-order valence-electron chi connectivity index (χ0n) is 31.8. The van der Waals surface area contributed by atoms with Crippen molar-refractivity contribution >= 4 is 46.9 Å². The van der Waals surface area contributed by atoms with Gasteiger partial charge < -0.3 is 19.4 Å². The molecule has 3 aliphatic rings. The summed E-state index contributed by atoms with van der Waals surface area (Å²) in [5.41, 5.74) is 0.821. The van der Waals surface area contributed by atoms with Gasteiger partial charge in [-0.3, -0.25) is 24.4 Å². The van der Waals surface area contributed by atoms with Crippen LogP contribution < -0.4 is 4.74 Å². The molecule has 0 radical (unpaired) electrons. The molecule has 0 N–H and O–H groups in total. The predicted octanol–water partition coefficient (Wildman–Crippen LogP) is 7.80. The van der Waals surface area contributed by atoms with Gasteiger partial charge in [-0.2, -0.15) is 13.2 Å². The Morgan fingerprint density at radius 1 is 0.839 bits per heavy atom. The molecule has 3 atom stereocenters. The standard InChI is InChI=1S/C41H47Cl2F3N6O4/c1-4-49(5-2)39(54)29-8-7-19-51(25-29)35(53)26-48-20-22-50(23-21-48)40(55)52-37(28-11-16-32(43)17-12-28)36(27-9-14-31(42)15-10-27)47-38(52)33-18-13-30(41(44,45)46)24-34(33)56-6-3/h9-18,24,29,36-37H,4-8,19-23,25-26H2,1-3H3. The number of piperazine rings is 1. The van der Waals surface area contributed by atoms with E-state index in [9.17, 15) is 27.6 Å². The van der Waals surface area contributed by atoms with Crippen LogP contribution in [0, 0.1) is 5.92 Å². The normalized spacial score (nSPS) is 20.5. The third-order valence-electron chi connectivity index (χ3n) is 10.7. The summed E-state index contributed by atoms with van der Waals surface area (Å²) in [7, 11) is 0. The summed E-state index contributed by atoms with van der Waals surface area (Å²) in [4.78, 5) is 55.4. The average Bonchev–Trinajstić information content (AvgIpc) is 3.59. The second-order valence-electron chi connectivity index (χ2n) is 14.2. The van der Waals surface area contributed by atoms with E-state index in [1.165, 1.54) is 6.07 Å². The van der Waals surface area contributed by atoms with Crippen molar-refractivity contribution in [2.24, 2.45) is 10.9 Å². The van der Waals surface area contributed by atoms with E-state index >= 15 is 0 Å². The second kappa shape index (κ2) is 17.9. The SMILES string of the molecule is CCOc1cc(C(F)(F)F)ccc1C1=NC(c2ccc(Cl)cc2)C(c2ccc(Cl)cc2)N1C(=O)N1CCN(CC(=O)N2CCCC(C(=O)N(CC)CC)C2)CC1. The molecule has 10 nitrogen and oxygen atoms in total.